The highest BCUT2D eigenvalue weighted by Crippen LogP contribution is 2.40. The molecule has 2 aromatic heterocycles. The zero-order chi connectivity index (χ0) is 30.2. The van der Waals surface area contributed by atoms with Crippen LogP contribution in [0.1, 0.15) is 44.5 Å². The third-order valence-corrected chi connectivity index (χ3v) is 8.16. The van der Waals surface area contributed by atoms with Gasteiger partial charge in [-0.1, -0.05) is 5.16 Å². The first kappa shape index (κ1) is 30.2. The highest BCUT2D eigenvalue weighted by atomic mass is 32.2. The van der Waals surface area contributed by atoms with Gasteiger partial charge in [0.2, 0.25) is 5.60 Å². The number of nitrogens with two attached hydrogens (primary N) is 2. The number of rotatable bonds is 14. The van der Waals surface area contributed by atoms with Gasteiger partial charge in [-0.2, -0.15) is 23.4 Å². The van der Waals surface area contributed by atoms with Gasteiger partial charge in [0, 0.05) is 30.3 Å². The summed E-state index contributed by atoms with van der Waals surface area (Å²) in [4.78, 5) is 47.7. The van der Waals surface area contributed by atoms with Crippen molar-refractivity contribution in [1.82, 2.24) is 34.9 Å². The zero-order valence-corrected chi connectivity index (χ0v) is 23.7. The van der Waals surface area contributed by atoms with Gasteiger partial charge < -0.3 is 32.0 Å². The fourth-order valence-corrected chi connectivity index (χ4v) is 5.41. The molecule has 2 aromatic rings. The van der Waals surface area contributed by atoms with Crippen LogP contribution in [-0.4, -0.2) is 95.6 Å². The first-order valence-electron chi connectivity index (χ1n) is 12.3. The third kappa shape index (κ3) is 6.78. The van der Waals surface area contributed by atoms with Crippen LogP contribution in [0.5, 0.6) is 0 Å². The molecule has 2 atom stereocenters. The molecular weight excluding hydrogens is 584 g/mol. The molecule has 18 nitrogen and oxygen atoms in total. The van der Waals surface area contributed by atoms with Crippen molar-refractivity contribution in [2.45, 2.75) is 69.4 Å². The van der Waals surface area contributed by atoms with Crippen molar-refractivity contribution in [2.24, 2.45) is 10.9 Å². The highest BCUT2D eigenvalue weighted by Gasteiger charge is 2.56. The van der Waals surface area contributed by atoms with Crippen LogP contribution in [-0.2, 0) is 42.6 Å². The summed E-state index contributed by atoms with van der Waals surface area (Å²) >= 11 is 0.976. The number of nitrogen functional groups attached to an aromatic ring is 1. The SMILES string of the molecule is CC(C)(CCN)NCc1cnn(CC2C(NC(=O)C(=NOC3(C(=O)O)CC3)c3csc(N)n3)C(=O)N2S(=O)(=O)O)n1. The Balaban J connectivity index is 1.52. The molecule has 41 heavy (non-hydrogen) atoms. The van der Waals surface area contributed by atoms with Crippen molar-refractivity contribution in [2.75, 3.05) is 12.3 Å². The van der Waals surface area contributed by atoms with Gasteiger partial charge in [0.25, 0.3) is 11.8 Å². The van der Waals surface area contributed by atoms with Crippen molar-refractivity contribution < 1.29 is 37.3 Å². The normalized spacial score (nSPS) is 20.4. The van der Waals surface area contributed by atoms with E-state index in [0.717, 1.165) is 16.1 Å². The Morgan fingerprint density at radius 1 is 1.37 bits per heavy atom. The molecule has 4 rings (SSSR count). The second-order valence-electron chi connectivity index (χ2n) is 10.2. The highest BCUT2D eigenvalue weighted by molar-refractivity contribution is 7.84. The van der Waals surface area contributed by atoms with E-state index in [1.807, 2.05) is 13.8 Å². The Morgan fingerprint density at radius 2 is 2.07 bits per heavy atom. The number of amides is 2. The van der Waals surface area contributed by atoms with Gasteiger partial charge >= 0.3 is 16.3 Å². The van der Waals surface area contributed by atoms with Crippen LogP contribution in [0.3, 0.4) is 0 Å². The summed E-state index contributed by atoms with van der Waals surface area (Å²) in [5.41, 5.74) is 9.41. The fraction of sp³-hybridized carbons (Fsp3) is 0.571. The van der Waals surface area contributed by atoms with Crippen LogP contribution < -0.4 is 22.1 Å². The number of nitrogens with zero attached hydrogens (tertiary/aromatic N) is 6. The van der Waals surface area contributed by atoms with E-state index in [2.05, 4.69) is 31.0 Å². The summed E-state index contributed by atoms with van der Waals surface area (Å²) < 4.78 is 33.7. The molecule has 2 unspecified atom stereocenters. The van der Waals surface area contributed by atoms with Crippen molar-refractivity contribution in [3.8, 4) is 0 Å². The van der Waals surface area contributed by atoms with E-state index >= 15 is 0 Å². The Morgan fingerprint density at radius 3 is 2.63 bits per heavy atom. The number of hydrogen-bond donors (Lipinski definition) is 6. The molecule has 0 bridgehead atoms. The second kappa shape index (κ2) is 11.3. The minimum atomic E-state index is -4.99. The third-order valence-electron chi connectivity index (χ3n) is 6.54. The molecule has 1 aliphatic heterocycles. The molecule has 3 heterocycles. The van der Waals surface area contributed by atoms with Gasteiger partial charge in [-0.05, 0) is 26.8 Å². The molecule has 0 spiro atoms. The number of carboxylic acids is 1. The van der Waals surface area contributed by atoms with Crippen molar-refractivity contribution in [3.63, 3.8) is 0 Å². The second-order valence-corrected chi connectivity index (χ2v) is 12.4. The number of nitrogens with one attached hydrogen (secondary N) is 2. The summed E-state index contributed by atoms with van der Waals surface area (Å²) in [6, 6.07) is -2.75. The predicted octanol–water partition coefficient (Wildman–Crippen LogP) is -1.93. The molecule has 1 aliphatic carbocycles. The lowest BCUT2D eigenvalue weighted by atomic mass is 9.98. The van der Waals surface area contributed by atoms with Gasteiger partial charge in [-0.3, -0.25) is 14.1 Å². The first-order valence-corrected chi connectivity index (χ1v) is 14.6. The molecule has 1 saturated carbocycles. The quantitative estimate of drug-likeness (QED) is 0.0585. The summed E-state index contributed by atoms with van der Waals surface area (Å²) in [5.74, 6) is -3.40. The maximum Gasteiger partial charge on any atom is 0.362 e. The molecule has 224 valence electrons. The topological polar surface area (TPSA) is 270 Å². The lowest BCUT2D eigenvalue weighted by Crippen LogP contribution is -2.73. The first-order chi connectivity index (χ1) is 19.2. The maximum absolute atomic E-state index is 13.2. The van der Waals surface area contributed by atoms with Crippen LogP contribution in [0.4, 0.5) is 5.13 Å². The number of aromatic nitrogens is 4. The zero-order valence-electron chi connectivity index (χ0n) is 22.1. The number of carboxylic acid groups (broad SMARTS) is 1. The van der Waals surface area contributed by atoms with Crippen molar-refractivity contribution in [3.05, 3.63) is 23.0 Å². The number of carbonyl (C=O) groups is 3. The Hall–Kier alpha value is -3.72. The fourth-order valence-electron chi connectivity index (χ4n) is 3.99. The van der Waals surface area contributed by atoms with Gasteiger partial charge in [0.15, 0.2) is 10.8 Å². The molecule has 20 heteroatoms. The number of aliphatic carboxylic acids is 1. The van der Waals surface area contributed by atoms with Crippen LogP contribution in [0.15, 0.2) is 16.7 Å². The predicted molar refractivity (Wildman–Crippen MR) is 142 cm³/mol. The summed E-state index contributed by atoms with van der Waals surface area (Å²) in [6.07, 6.45) is 2.50. The molecule has 0 radical (unpaired) electrons. The monoisotopic (exact) mass is 614 g/mol. The molecule has 2 amide bonds. The standard InChI is InChI=1S/C21H30N10O8S2/c1-20(2,5-6-22)24-7-11-8-25-30(28-11)9-13-15(17(33)31(13)41(36,37)38)27-16(32)14(12-10-40-19(23)26-12)29-39-21(3-4-21)18(34)35/h8,10,13,15,24H,3-7,9,22H2,1-2H3,(H2,23,26)(H,27,32)(H,34,35)(H,36,37,38). The molecule has 2 aliphatic rings. The molecular formula is C21H30N10O8S2. The lowest BCUT2D eigenvalue weighted by Gasteiger charge is -2.43. The Kier molecular flexibility index (Phi) is 8.32. The van der Waals surface area contributed by atoms with Crippen LogP contribution in [0, 0.1) is 0 Å². The van der Waals surface area contributed by atoms with Gasteiger partial charge in [-0.15, -0.1) is 11.3 Å². The van der Waals surface area contributed by atoms with Crippen molar-refractivity contribution >= 4 is 50.3 Å². The number of anilines is 1. The van der Waals surface area contributed by atoms with Crippen LogP contribution in [0.25, 0.3) is 0 Å². The van der Waals surface area contributed by atoms with E-state index in [0.29, 0.717) is 25.2 Å². The number of hydrogen-bond acceptors (Lipinski definition) is 14. The maximum atomic E-state index is 13.2. The number of β-lactam (4-membered cyclic amide) rings is 1. The summed E-state index contributed by atoms with van der Waals surface area (Å²) in [6.45, 7) is 4.44. The average molecular weight is 615 g/mol. The summed E-state index contributed by atoms with van der Waals surface area (Å²) in [7, 11) is -4.99. The Labute approximate surface area is 238 Å². The molecule has 0 aromatic carbocycles. The van der Waals surface area contributed by atoms with E-state index < -0.39 is 51.5 Å². The van der Waals surface area contributed by atoms with E-state index in [-0.39, 0.29) is 40.1 Å². The lowest BCUT2D eigenvalue weighted by molar-refractivity contribution is -0.153. The summed E-state index contributed by atoms with van der Waals surface area (Å²) in [5, 5.41) is 28.5. The number of thiazole rings is 1. The smallest absolute Gasteiger partial charge is 0.362 e. The van der Waals surface area contributed by atoms with Gasteiger partial charge in [0.1, 0.15) is 17.8 Å². The van der Waals surface area contributed by atoms with Crippen LogP contribution in [0.2, 0.25) is 0 Å². The van der Waals surface area contributed by atoms with E-state index in [1.165, 1.54) is 11.6 Å². The molecule has 8 N–H and O–H groups in total. The minimum absolute atomic E-state index is 0.0513. The van der Waals surface area contributed by atoms with Crippen LogP contribution >= 0.6 is 11.3 Å². The number of oxime groups is 1. The molecule has 2 fully saturated rings. The van der Waals surface area contributed by atoms with Gasteiger partial charge in [-0.25, -0.2) is 14.1 Å². The van der Waals surface area contributed by atoms with E-state index in [4.69, 9.17) is 16.3 Å². The molecule has 1 saturated heterocycles. The van der Waals surface area contributed by atoms with E-state index in [1.54, 1.807) is 0 Å². The number of carbonyl (C=O) groups excluding carboxylic acids is 2. The van der Waals surface area contributed by atoms with E-state index in [9.17, 15) is 32.5 Å². The Bertz CT molecular complexity index is 1470. The van der Waals surface area contributed by atoms with Crippen molar-refractivity contribution in [1.29, 1.82) is 0 Å². The average Bonchev–Trinajstić information content (AvgIpc) is 3.33. The minimum Gasteiger partial charge on any atom is -0.478 e. The largest absolute Gasteiger partial charge is 0.478 e. The van der Waals surface area contributed by atoms with Gasteiger partial charge in [0.05, 0.1) is 18.4 Å².